The number of nitrogens with one attached hydrogen (secondary N) is 1. The zero-order valence-corrected chi connectivity index (χ0v) is 53.8. The van der Waals surface area contributed by atoms with Gasteiger partial charge in [-0.2, -0.15) is 0 Å². The van der Waals surface area contributed by atoms with Crippen LogP contribution in [0.3, 0.4) is 0 Å². The molecule has 490 valence electrons. The number of β-lactam (4-membered cyclic amide) rings is 2. The van der Waals surface area contributed by atoms with Crippen LogP contribution in [-0.4, -0.2) is 116 Å². The maximum atomic E-state index is 16.1. The number of aliphatic hydroxyl groups excluding tert-OH is 1. The molecule has 4 heterocycles. The molecule has 6 aromatic rings. The minimum absolute atomic E-state index is 0.0134. The number of carbonyl (C=O) groups excluding carboxylic acids is 5. The summed E-state index contributed by atoms with van der Waals surface area (Å²) in [5.74, 6) is -4.86. The summed E-state index contributed by atoms with van der Waals surface area (Å²) < 4.78 is 109. The van der Waals surface area contributed by atoms with Crippen molar-refractivity contribution in [2.75, 3.05) is 62.2 Å². The van der Waals surface area contributed by atoms with Crippen LogP contribution < -0.4 is 24.6 Å². The predicted molar refractivity (Wildman–Crippen MR) is 336 cm³/mol. The van der Waals surface area contributed by atoms with Gasteiger partial charge in [0.05, 0.1) is 36.1 Å². The number of ether oxygens (including phenoxy) is 3. The van der Waals surface area contributed by atoms with E-state index in [0.29, 0.717) is 56.0 Å². The summed E-state index contributed by atoms with van der Waals surface area (Å²) in [6.07, 6.45) is -1.89. The molecule has 0 bridgehead atoms. The second kappa shape index (κ2) is 28.7. The zero-order chi connectivity index (χ0) is 66.4. The molecule has 0 spiro atoms. The van der Waals surface area contributed by atoms with Crippen LogP contribution in [0.25, 0.3) is 0 Å². The lowest BCUT2D eigenvalue weighted by Gasteiger charge is -2.48. The Bertz CT molecular complexity index is 3580. The largest absolute Gasteiger partial charge is 0.444 e. The Kier molecular flexibility index (Phi) is 21.3. The van der Waals surface area contributed by atoms with Gasteiger partial charge in [0.2, 0.25) is 11.8 Å². The Morgan fingerprint density at radius 1 is 0.533 bits per heavy atom. The third-order valence-electron chi connectivity index (χ3n) is 17.4. The second-order valence-electron chi connectivity index (χ2n) is 25.9. The van der Waals surface area contributed by atoms with Crippen LogP contribution in [0.4, 0.5) is 52.1 Å². The number of benzene rings is 6. The fourth-order valence-electron chi connectivity index (χ4n) is 11.4. The summed E-state index contributed by atoms with van der Waals surface area (Å²) >= 11 is 0. The lowest BCUT2D eigenvalue weighted by Crippen LogP contribution is -2.55. The highest BCUT2D eigenvalue weighted by Gasteiger charge is 2.51. The van der Waals surface area contributed by atoms with Gasteiger partial charge in [-0.15, -0.1) is 0 Å². The van der Waals surface area contributed by atoms with Crippen molar-refractivity contribution in [2.24, 2.45) is 11.8 Å². The zero-order valence-electron chi connectivity index (χ0n) is 52.8. The van der Waals surface area contributed by atoms with Gasteiger partial charge in [-0.3, -0.25) is 9.59 Å². The quantitative estimate of drug-likeness (QED) is 0.0537. The van der Waals surface area contributed by atoms with Crippen molar-refractivity contribution in [3.8, 4) is 11.5 Å². The molecule has 0 unspecified atom stereocenters. The van der Waals surface area contributed by atoms with E-state index < -0.39 is 97.4 Å². The number of hydrogen-bond acceptors (Lipinski definition) is 11. The van der Waals surface area contributed by atoms with Gasteiger partial charge in [0.1, 0.15) is 52.0 Å². The Morgan fingerprint density at radius 2 is 0.913 bits per heavy atom. The molecule has 0 saturated carbocycles. The summed E-state index contributed by atoms with van der Waals surface area (Å²) in [7, 11) is -2.31. The van der Waals surface area contributed by atoms with Gasteiger partial charge in [0.25, 0.3) is 0 Å². The number of halogens is 6. The van der Waals surface area contributed by atoms with Crippen LogP contribution in [0.2, 0.25) is 18.1 Å². The molecule has 5 amide bonds. The standard InChI is InChI=1S/C40H50F3N3O6Si.C29H28F3N3O4/c1-39(2,3)51-38(49)45-23-21-44(22-24-45)37(48)50-30-17-18-31(33(43)25-30)35-32(36(47)46(35)29-15-13-28(42)14-16-29)19-20-34(26-9-11-27(41)12-10-26)52-53(7,8)40(4,5)6;30-19-3-1-18(2-4-19)26(36)12-11-24-27(35(28(24)37)21-7-5-20(31)6-8-21)23-10-9-22(17-25(23)32)39-29(38)34-15-13-33-14-16-34/h9-18,25,32,34-35H,19-24H2,1-8H3;1-10,17,24,26-27,33,36H,11-16H2/t32-,34+,35-;24-,26+,27-/m11/s1. The molecule has 0 aliphatic carbocycles. The third kappa shape index (κ3) is 16.3. The normalized spacial score (nSPS) is 19.3. The molecule has 16 nitrogen and oxygen atoms in total. The smallest absolute Gasteiger partial charge is 0.415 e. The summed E-state index contributed by atoms with van der Waals surface area (Å²) in [5, 5.41) is 13.6. The SMILES string of the molecule is CC(C)(C)OC(=O)N1CCN(C(=O)Oc2ccc([C@@H]3[C@@H](CC[C@H](O[Si](C)(C)C(C)(C)C)c4ccc(F)cc4)C(=O)N3c3ccc(F)cc3)c(F)c2)CC1.O=C(Oc1ccc([C@@H]2[C@@H](CC[C@H](O)c3ccc(F)cc3)C(=O)N2c2ccc(F)cc2)c(F)c1)N1CCNCC1. The van der Waals surface area contributed by atoms with Crippen LogP contribution in [0.5, 0.6) is 11.5 Å². The molecule has 4 fully saturated rings. The molecular weight excluding hydrogens is 1210 g/mol. The average Bonchev–Trinajstić information content (AvgIpc) is 0.743. The van der Waals surface area contributed by atoms with E-state index in [1.165, 1.54) is 134 Å². The number of anilines is 2. The molecule has 2 N–H and O–H groups in total. The van der Waals surface area contributed by atoms with Crippen molar-refractivity contribution < 1.29 is 74.1 Å². The molecule has 0 aromatic heterocycles. The Labute approximate surface area is 533 Å². The molecular formula is C69H78F6N6O10Si. The van der Waals surface area contributed by atoms with Gasteiger partial charge in [-0.1, -0.05) is 57.2 Å². The molecule has 4 aliphatic rings. The number of nitrogens with zero attached hydrogens (tertiary/aromatic N) is 5. The summed E-state index contributed by atoms with van der Waals surface area (Å²) in [5.41, 5.74) is 1.92. The summed E-state index contributed by atoms with van der Waals surface area (Å²) in [6, 6.07) is 29.1. The molecule has 4 saturated heterocycles. The summed E-state index contributed by atoms with van der Waals surface area (Å²) in [4.78, 5) is 72.3. The van der Waals surface area contributed by atoms with E-state index in [1.807, 2.05) is 0 Å². The van der Waals surface area contributed by atoms with Crippen molar-refractivity contribution in [1.82, 2.24) is 20.0 Å². The number of hydrogen-bond donors (Lipinski definition) is 2. The van der Waals surface area contributed by atoms with E-state index in [1.54, 1.807) is 32.9 Å². The topological polar surface area (TPSA) is 171 Å². The van der Waals surface area contributed by atoms with E-state index in [0.717, 1.165) is 17.7 Å². The van der Waals surface area contributed by atoms with Gasteiger partial charge in [0.15, 0.2) is 8.32 Å². The minimum atomic E-state index is -2.31. The lowest BCUT2D eigenvalue weighted by molar-refractivity contribution is -0.131. The van der Waals surface area contributed by atoms with Gasteiger partial charge < -0.3 is 53.6 Å². The van der Waals surface area contributed by atoms with Crippen LogP contribution in [0.1, 0.15) is 114 Å². The van der Waals surface area contributed by atoms with E-state index in [2.05, 4.69) is 39.2 Å². The van der Waals surface area contributed by atoms with Crippen LogP contribution in [0, 0.1) is 46.7 Å². The molecule has 6 aromatic carbocycles. The molecule has 92 heavy (non-hydrogen) atoms. The number of aliphatic hydroxyl groups is 1. The maximum Gasteiger partial charge on any atom is 0.415 e. The van der Waals surface area contributed by atoms with E-state index in [-0.39, 0.29) is 84.3 Å². The number of carbonyl (C=O) groups is 5. The van der Waals surface area contributed by atoms with E-state index in [9.17, 15) is 46.6 Å². The van der Waals surface area contributed by atoms with E-state index >= 15 is 8.78 Å². The van der Waals surface area contributed by atoms with Gasteiger partial charge in [0, 0.05) is 87.0 Å². The highest BCUT2D eigenvalue weighted by molar-refractivity contribution is 6.74. The Balaban J connectivity index is 0.000000227. The summed E-state index contributed by atoms with van der Waals surface area (Å²) in [6.45, 7) is 19.2. The van der Waals surface area contributed by atoms with Crippen molar-refractivity contribution in [3.63, 3.8) is 0 Å². The van der Waals surface area contributed by atoms with Crippen LogP contribution in [0.15, 0.2) is 133 Å². The number of rotatable bonds is 16. The molecule has 10 rings (SSSR count). The molecule has 0 radical (unpaired) electrons. The Hall–Kier alpha value is -8.25. The van der Waals surface area contributed by atoms with Crippen LogP contribution >= 0.6 is 0 Å². The third-order valence-corrected chi connectivity index (χ3v) is 21.9. The van der Waals surface area contributed by atoms with Gasteiger partial charge in [-0.05, 0) is 161 Å². The van der Waals surface area contributed by atoms with Crippen molar-refractivity contribution in [2.45, 2.75) is 115 Å². The highest BCUT2D eigenvalue weighted by Crippen LogP contribution is 2.50. The minimum Gasteiger partial charge on any atom is -0.444 e. The molecule has 6 atom stereocenters. The first-order valence-corrected chi connectivity index (χ1v) is 33.7. The monoisotopic (exact) mass is 1290 g/mol. The lowest BCUT2D eigenvalue weighted by atomic mass is 9.78. The maximum absolute atomic E-state index is 16.1. The molecule has 4 aliphatic heterocycles. The van der Waals surface area contributed by atoms with Crippen LogP contribution in [-0.2, 0) is 18.8 Å². The van der Waals surface area contributed by atoms with Gasteiger partial charge >= 0.3 is 18.3 Å². The first-order valence-electron chi connectivity index (χ1n) is 30.8. The second-order valence-corrected chi connectivity index (χ2v) is 30.7. The average molecular weight is 1290 g/mol. The molecule has 23 heteroatoms. The Morgan fingerprint density at radius 3 is 1.32 bits per heavy atom. The predicted octanol–water partition coefficient (Wildman–Crippen LogP) is 14.1. The fourth-order valence-corrected chi connectivity index (χ4v) is 12.7. The highest BCUT2D eigenvalue weighted by atomic mass is 28.4. The van der Waals surface area contributed by atoms with E-state index in [4.69, 9.17) is 18.6 Å². The fraction of sp³-hybridized carbons (Fsp3) is 0.406. The van der Waals surface area contributed by atoms with Gasteiger partial charge in [-0.25, -0.2) is 40.7 Å². The number of piperazine rings is 2. The van der Waals surface area contributed by atoms with Crippen molar-refractivity contribution in [3.05, 3.63) is 191 Å². The number of amides is 5. The first-order chi connectivity index (χ1) is 43.5. The van der Waals surface area contributed by atoms with Crippen molar-refractivity contribution in [1.29, 1.82) is 0 Å². The van der Waals surface area contributed by atoms with Crippen molar-refractivity contribution >= 4 is 49.8 Å². The first kappa shape index (κ1) is 68.1.